The fourth-order valence-electron chi connectivity index (χ4n) is 2.11. The number of nitrogens with zero attached hydrogens (tertiary/aromatic N) is 2. The first-order chi connectivity index (χ1) is 8.47. The van der Waals surface area contributed by atoms with Crippen molar-refractivity contribution in [1.29, 1.82) is 0 Å². The van der Waals surface area contributed by atoms with E-state index >= 15 is 0 Å². The zero-order valence-corrected chi connectivity index (χ0v) is 12.6. The molecule has 5 nitrogen and oxygen atoms in total. The molecule has 1 aliphatic carbocycles. The second-order valence-corrected chi connectivity index (χ2v) is 7.42. The van der Waals surface area contributed by atoms with E-state index in [1.807, 2.05) is 0 Å². The third-order valence-electron chi connectivity index (χ3n) is 3.09. The van der Waals surface area contributed by atoms with Crippen molar-refractivity contribution < 1.29 is 8.42 Å². The summed E-state index contributed by atoms with van der Waals surface area (Å²) in [5.74, 6) is 1.21. The maximum absolute atomic E-state index is 11.4. The zero-order chi connectivity index (χ0) is 13.2. The Morgan fingerprint density at radius 2 is 2.11 bits per heavy atom. The van der Waals surface area contributed by atoms with Gasteiger partial charge in [-0.3, -0.25) is 0 Å². The second kappa shape index (κ2) is 5.52. The number of halogens is 1. The Bertz CT molecular complexity index is 527. The maximum atomic E-state index is 11.4. The van der Waals surface area contributed by atoms with Crippen LogP contribution in [0.5, 0.6) is 0 Å². The molecule has 18 heavy (non-hydrogen) atoms. The molecule has 0 aliphatic heterocycles. The van der Waals surface area contributed by atoms with Crippen LogP contribution in [-0.4, -0.2) is 31.2 Å². The van der Waals surface area contributed by atoms with Crippen molar-refractivity contribution in [2.75, 3.05) is 18.1 Å². The van der Waals surface area contributed by atoms with Gasteiger partial charge in [-0.15, -0.1) is 0 Å². The molecule has 2 rings (SSSR count). The largest absolute Gasteiger partial charge is 0.369 e. The van der Waals surface area contributed by atoms with E-state index < -0.39 is 9.84 Å². The van der Waals surface area contributed by atoms with Crippen molar-refractivity contribution in [3.05, 3.63) is 10.7 Å². The van der Waals surface area contributed by atoms with Crippen molar-refractivity contribution in [3.63, 3.8) is 0 Å². The van der Waals surface area contributed by atoms with Gasteiger partial charge in [0.25, 0.3) is 0 Å². The molecule has 100 valence electrons. The average Bonchev–Trinajstić information content (AvgIpc) is 2.79. The van der Waals surface area contributed by atoms with Gasteiger partial charge in [0.05, 0.1) is 4.47 Å². The van der Waals surface area contributed by atoms with Crippen molar-refractivity contribution in [2.24, 2.45) is 5.92 Å². The van der Waals surface area contributed by atoms with Gasteiger partial charge in [-0.1, -0.05) is 12.8 Å². The summed E-state index contributed by atoms with van der Waals surface area (Å²) in [6, 6.07) is 0. The molecule has 1 aromatic rings. The van der Waals surface area contributed by atoms with Gasteiger partial charge in [0.15, 0.2) is 0 Å². The number of hydrogen-bond donors (Lipinski definition) is 1. The summed E-state index contributed by atoms with van der Waals surface area (Å²) in [5.41, 5.74) is 0. The molecule has 0 bridgehead atoms. The summed E-state index contributed by atoms with van der Waals surface area (Å²) in [4.78, 5) is 7.85. The first-order valence-electron chi connectivity index (χ1n) is 5.93. The molecule has 0 aromatic carbocycles. The number of aromatic nitrogens is 2. The summed E-state index contributed by atoms with van der Waals surface area (Å²) in [7, 11) is -3.36. The van der Waals surface area contributed by atoms with E-state index in [0.29, 0.717) is 16.2 Å². The lowest BCUT2D eigenvalue weighted by Crippen LogP contribution is -2.14. The molecule has 1 fully saturated rings. The molecule has 1 aliphatic rings. The Kier molecular flexibility index (Phi) is 4.21. The van der Waals surface area contributed by atoms with Crippen molar-refractivity contribution in [3.8, 4) is 0 Å². The predicted octanol–water partition coefficient (Wildman–Crippen LogP) is 2.24. The molecular weight excluding hydrogens is 318 g/mol. The van der Waals surface area contributed by atoms with Crippen LogP contribution in [0.3, 0.4) is 0 Å². The highest BCUT2D eigenvalue weighted by Crippen LogP contribution is 2.26. The van der Waals surface area contributed by atoms with Crippen LogP contribution in [0.4, 0.5) is 5.82 Å². The first-order valence-corrected chi connectivity index (χ1v) is 8.62. The third-order valence-corrected chi connectivity index (χ3v) is 4.53. The maximum Gasteiger partial charge on any atom is 0.248 e. The van der Waals surface area contributed by atoms with Crippen LogP contribution < -0.4 is 5.32 Å². The fraction of sp³-hybridized carbons (Fsp3) is 0.636. The molecule has 0 atom stereocenters. The van der Waals surface area contributed by atoms with Gasteiger partial charge in [-0.2, -0.15) is 4.98 Å². The lowest BCUT2D eigenvalue weighted by atomic mass is 10.1. The summed E-state index contributed by atoms with van der Waals surface area (Å²) in [5, 5.41) is 3.07. The van der Waals surface area contributed by atoms with Gasteiger partial charge in [0, 0.05) is 19.0 Å². The molecule has 0 radical (unpaired) electrons. The van der Waals surface area contributed by atoms with Gasteiger partial charge >= 0.3 is 0 Å². The van der Waals surface area contributed by atoms with Gasteiger partial charge < -0.3 is 5.32 Å². The van der Waals surface area contributed by atoms with E-state index in [2.05, 4.69) is 31.2 Å². The molecule has 0 unspecified atom stereocenters. The minimum Gasteiger partial charge on any atom is -0.369 e. The Hall–Kier alpha value is -0.690. The SMILES string of the molecule is CS(=O)(=O)c1ncc(Br)c(NCC2CCCC2)n1. The van der Waals surface area contributed by atoms with E-state index in [0.717, 1.165) is 12.8 Å². The number of nitrogens with one attached hydrogen (secondary N) is 1. The Labute approximate surface area is 115 Å². The quantitative estimate of drug-likeness (QED) is 0.855. The molecule has 0 amide bonds. The van der Waals surface area contributed by atoms with Crippen LogP contribution in [0.25, 0.3) is 0 Å². The Balaban J connectivity index is 2.11. The van der Waals surface area contributed by atoms with Crippen LogP contribution in [0, 0.1) is 5.92 Å². The van der Waals surface area contributed by atoms with Crippen molar-refractivity contribution >= 4 is 31.6 Å². The highest BCUT2D eigenvalue weighted by atomic mass is 79.9. The van der Waals surface area contributed by atoms with Crippen LogP contribution >= 0.6 is 15.9 Å². The fourth-order valence-corrected chi connectivity index (χ4v) is 2.94. The molecule has 7 heteroatoms. The average molecular weight is 334 g/mol. The lowest BCUT2D eigenvalue weighted by Gasteiger charge is -2.12. The van der Waals surface area contributed by atoms with Crippen molar-refractivity contribution in [1.82, 2.24) is 9.97 Å². The number of sulfone groups is 1. The number of hydrogen-bond acceptors (Lipinski definition) is 5. The van der Waals surface area contributed by atoms with E-state index in [1.165, 1.54) is 31.9 Å². The Morgan fingerprint density at radius 3 is 2.72 bits per heavy atom. The molecule has 0 saturated heterocycles. The van der Waals surface area contributed by atoms with E-state index in [-0.39, 0.29) is 5.16 Å². The topological polar surface area (TPSA) is 72.0 Å². The van der Waals surface area contributed by atoms with Crippen LogP contribution in [0.1, 0.15) is 25.7 Å². The van der Waals surface area contributed by atoms with E-state index in [4.69, 9.17) is 0 Å². The van der Waals surface area contributed by atoms with Gasteiger partial charge in [0.1, 0.15) is 5.82 Å². The van der Waals surface area contributed by atoms with E-state index in [1.54, 1.807) is 0 Å². The van der Waals surface area contributed by atoms with Gasteiger partial charge in [0.2, 0.25) is 15.0 Å². The molecule has 1 aromatic heterocycles. The van der Waals surface area contributed by atoms with E-state index in [9.17, 15) is 8.42 Å². The normalized spacial score (nSPS) is 17.0. The van der Waals surface area contributed by atoms with Gasteiger partial charge in [-0.25, -0.2) is 13.4 Å². The molecular formula is C11H16BrN3O2S. The standard InChI is InChI=1S/C11H16BrN3O2S/c1-18(16,17)11-14-7-9(12)10(15-11)13-6-8-4-2-3-5-8/h7-8H,2-6H2,1H3,(H,13,14,15). The van der Waals surface area contributed by atoms with Crippen molar-refractivity contribution in [2.45, 2.75) is 30.8 Å². The summed E-state index contributed by atoms with van der Waals surface area (Å²) in [6.07, 6.45) is 7.61. The number of rotatable bonds is 4. The predicted molar refractivity (Wildman–Crippen MR) is 73.3 cm³/mol. The van der Waals surface area contributed by atoms with Crippen LogP contribution in [0.2, 0.25) is 0 Å². The first kappa shape index (κ1) is 13.7. The minimum atomic E-state index is -3.36. The third kappa shape index (κ3) is 3.41. The molecule has 0 spiro atoms. The van der Waals surface area contributed by atoms with Crippen LogP contribution in [0.15, 0.2) is 15.8 Å². The molecule has 1 heterocycles. The minimum absolute atomic E-state index is 0.139. The highest BCUT2D eigenvalue weighted by Gasteiger charge is 2.17. The monoisotopic (exact) mass is 333 g/mol. The highest BCUT2D eigenvalue weighted by molar-refractivity contribution is 9.10. The summed E-state index contributed by atoms with van der Waals surface area (Å²) >= 11 is 3.32. The Morgan fingerprint density at radius 1 is 1.44 bits per heavy atom. The smallest absolute Gasteiger partial charge is 0.248 e. The second-order valence-electron chi connectivity index (χ2n) is 4.65. The van der Waals surface area contributed by atoms with Gasteiger partial charge in [-0.05, 0) is 34.7 Å². The summed E-state index contributed by atoms with van der Waals surface area (Å²) in [6.45, 7) is 0.832. The molecule has 1 saturated carbocycles. The zero-order valence-electron chi connectivity index (χ0n) is 10.2. The summed E-state index contributed by atoms with van der Waals surface area (Å²) < 4.78 is 23.5. The molecule has 1 N–H and O–H groups in total. The van der Waals surface area contributed by atoms with Crippen LogP contribution in [-0.2, 0) is 9.84 Å². The number of anilines is 1. The lowest BCUT2D eigenvalue weighted by molar-refractivity contribution is 0.576.